The van der Waals surface area contributed by atoms with Gasteiger partial charge in [-0.3, -0.25) is 0 Å². The lowest BCUT2D eigenvalue weighted by atomic mass is 9.33. The van der Waals surface area contributed by atoms with Crippen molar-refractivity contribution in [1.29, 1.82) is 0 Å². The molecule has 0 spiro atoms. The van der Waals surface area contributed by atoms with Gasteiger partial charge in [-0.25, -0.2) is 0 Å². The van der Waals surface area contributed by atoms with Crippen molar-refractivity contribution in [3.8, 4) is 44.5 Å². The van der Waals surface area contributed by atoms with Crippen LogP contribution < -0.4 is 26.2 Å². The molecule has 0 unspecified atom stereocenters. The summed E-state index contributed by atoms with van der Waals surface area (Å²) in [6.07, 6.45) is 0. The third-order valence-corrected chi connectivity index (χ3v) is 14.5. The summed E-state index contributed by atoms with van der Waals surface area (Å²) in [6, 6.07) is 77.7. The average Bonchev–Trinajstić information content (AvgIpc) is 3.35. The van der Waals surface area contributed by atoms with E-state index in [0.717, 1.165) is 11.4 Å². The molecule has 9 aromatic carbocycles. The van der Waals surface area contributed by atoms with Crippen LogP contribution in [0.1, 0.15) is 79.0 Å². The maximum atomic E-state index is 2.62. The maximum Gasteiger partial charge on any atom is 0.252 e. The van der Waals surface area contributed by atoms with Crippen molar-refractivity contribution in [2.24, 2.45) is 0 Å². The zero-order valence-electron chi connectivity index (χ0n) is 41.6. The molecule has 2 aliphatic heterocycles. The van der Waals surface area contributed by atoms with E-state index in [-0.39, 0.29) is 23.0 Å². The van der Waals surface area contributed by atoms with Gasteiger partial charge >= 0.3 is 0 Å². The lowest BCUT2D eigenvalue weighted by Crippen LogP contribution is -2.61. The Morgan fingerprint density at radius 1 is 0.275 bits per heavy atom. The third kappa shape index (κ3) is 8.08. The van der Waals surface area contributed by atoms with Crippen LogP contribution in [0.15, 0.2) is 206 Å². The van der Waals surface area contributed by atoms with Crippen molar-refractivity contribution in [3.05, 3.63) is 223 Å². The monoisotopic (exact) mass is 892 g/mol. The van der Waals surface area contributed by atoms with Crippen LogP contribution in [0.2, 0.25) is 0 Å². The van der Waals surface area contributed by atoms with E-state index >= 15 is 0 Å². The largest absolute Gasteiger partial charge is 0.311 e. The van der Waals surface area contributed by atoms with Crippen LogP contribution in [0.25, 0.3) is 44.5 Å². The van der Waals surface area contributed by atoms with Crippen molar-refractivity contribution >= 4 is 57.2 Å². The molecule has 0 saturated heterocycles. The molecule has 2 heterocycles. The molecule has 0 N–H and O–H groups in total. The van der Waals surface area contributed by atoms with Crippen LogP contribution in [-0.2, 0) is 16.2 Å². The molecule has 0 bridgehead atoms. The molecule has 0 aliphatic carbocycles. The number of hydrogen-bond acceptors (Lipinski definition) is 2. The standard InChI is InChI=1S/C66H61BN2/c1-64(2,3)52-30-32-57-59(40-52)68(55-36-48(44-22-14-10-15-23-44)34-49(37-55)45-24-16-11-17-25-45)61-42-54(66(7,8)9)43-62-63(61)67(57)58-33-31-53(65(4,5)6)41-60(58)69(62)56-38-50(46-26-18-12-19-27-46)35-51(39-56)47-28-20-13-21-29-47/h10-43H,1-9H3. The molecule has 0 saturated carbocycles. The van der Waals surface area contributed by atoms with E-state index in [9.17, 15) is 0 Å². The van der Waals surface area contributed by atoms with E-state index in [0.29, 0.717) is 0 Å². The molecule has 11 rings (SSSR count). The molecule has 0 aromatic heterocycles. The van der Waals surface area contributed by atoms with E-state index < -0.39 is 0 Å². The first kappa shape index (κ1) is 44.2. The number of fused-ring (bicyclic) bond motifs is 4. The molecule has 0 atom stereocenters. The van der Waals surface area contributed by atoms with E-state index in [2.05, 4.69) is 278 Å². The van der Waals surface area contributed by atoms with Crippen molar-refractivity contribution < 1.29 is 0 Å². The summed E-state index contributed by atoms with van der Waals surface area (Å²) >= 11 is 0. The van der Waals surface area contributed by atoms with Crippen molar-refractivity contribution in [2.45, 2.75) is 78.6 Å². The summed E-state index contributed by atoms with van der Waals surface area (Å²) in [5, 5.41) is 0. The van der Waals surface area contributed by atoms with E-state index in [1.54, 1.807) is 0 Å². The lowest BCUT2D eigenvalue weighted by molar-refractivity contribution is 0.590. The Morgan fingerprint density at radius 3 is 0.855 bits per heavy atom. The molecular formula is C66H61BN2. The molecule has 0 amide bonds. The van der Waals surface area contributed by atoms with Gasteiger partial charge < -0.3 is 9.80 Å². The fraction of sp³-hybridized carbons (Fsp3) is 0.182. The van der Waals surface area contributed by atoms with Gasteiger partial charge in [0.1, 0.15) is 0 Å². The highest BCUT2D eigenvalue weighted by Gasteiger charge is 2.45. The highest BCUT2D eigenvalue weighted by atomic mass is 15.2. The second-order valence-corrected chi connectivity index (χ2v) is 22.3. The Hall–Kier alpha value is -7.36. The van der Waals surface area contributed by atoms with Gasteiger partial charge in [-0.15, -0.1) is 0 Å². The van der Waals surface area contributed by atoms with E-state index in [4.69, 9.17) is 0 Å². The van der Waals surface area contributed by atoms with Gasteiger partial charge in [0.25, 0.3) is 6.71 Å². The molecule has 3 heteroatoms. The van der Waals surface area contributed by atoms with Crippen LogP contribution in [-0.4, -0.2) is 6.71 Å². The normalized spacial score (nSPS) is 13.2. The quantitative estimate of drug-likeness (QED) is 0.154. The Morgan fingerprint density at radius 2 is 0.565 bits per heavy atom. The SMILES string of the molecule is CC(C)(C)c1ccc2c(c1)N(c1cc(-c3ccccc3)cc(-c3ccccc3)c1)c1cc(C(C)(C)C)cc3c1B2c1ccc(C(C)(C)C)cc1N3c1cc(-c2ccccc2)cc(-c2ccccc2)c1. The molecular weight excluding hydrogens is 832 g/mol. The Kier molecular flexibility index (Phi) is 10.7. The Bertz CT molecular complexity index is 3040. The number of anilines is 6. The highest BCUT2D eigenvalue weighted by Crippen LogP contribution is 2.49. The first-order valence-corrected chi connectivity index (χ1v) is 24.7. The summed E-state index contributed by atoms with van der Waals surface area (Å²) in [5.74, 6) is 0. The van der Waals surface area contributed by atoms with Gasteiger partial charge in [-0.05, 0) is 154 Å². The van der Waals surface area contributed by atoms with Gasteiger partial charge in [0.2, 0.25) is 0 Å². The van der Waals surface area contributed by atoms with Crippen molar-refractivity contribution in [2.75, 3.05) is 9.80 Å². The minimum atomic E-state index is -0.165. The van der Waals surface area contributed by atoms with Gasteiger partial charge in [0.15, 0.2) is 0 Å². The van der Waals surface area contributed by atoms with Crippen molar-refractivity contribution in [1.82, 2.24) is 0 Å². The highest BCUT2D eigenvalue weighted by molar-refractivity contribution is 7.00. The minimum absolute atomic E-state index is 0.0126. The summed E-state index contributed by atoms with van der Waals surface area (Å²) in [7, 11) is 0. The van der Waals surface area contributed by atoms with Crippen LogP contribution >= 0.6 is 0 Å². The third-order valence-electron chi connectivity index (χ3n) is 14.5. The second kappa shape index (κ2) is 16.7. The lowest BCUT2D eigenvalue weighted by Gasteiger charge is -2.46. The molecule has 69 heavy (non-hydrogen) atoms. The van der Waals surface area contributed by atoms with E-state index in [1.807, 2.05) is 0 Å². The predicted octanol–water partition coefficient (Wildman–Crippen LogP) is 16.3. The second-order valence-electron chi connectivity index (χ2n) is 22.3. The van der Waals surface area contributed by atoms with Crippen LogP contribution in [0, 0.1) is 0 Å². The zero-order chi connectivity index (χ0) is 47.8. The topological polar surface area (TPSA) is 6.48 Å². The Labute approximate surface area is 411 Å². The summed E-state index contributed by atoms with van der Waals surface area (Å²) in [5.41, 5.74) is 24.4. The van der Waals surface area contributed by atoms with Gasteiger partial charge in [0.05, 0.1) is 0 Å². The molecule has 2 aliphatic rings. The van der Waals surface area contributed by atoms with Gasteiger partial charge in [-0.2, -0.15) is 0 Å². The molecule has 338 valence electrons. The van der Waals surface area contributed by atoms with Crippen LogP contribution in [0.4, 0.5) is 34.1 Å². The Balaban J connectivity index is 1.27. The fourth-order valence-electron chi connectivity index (χ4n) is 10.6. The van der Waals surface area contributed by atoms with Crippen LogP contribution in [0.3, 0.4) is 0 Å². The number of nitrogens with zero attached hydrogens (tertiary/aromatic N) is 2. The summed E-state index contributed by atoms with van der Waals surface area (Å²) < 4.78 is 0. The predicted molar refractivity (Wildman–Crippen MR) is 298 cm³/mol. The van der Waals surface area contributed by atoms with Crippen LogP contribution in [0.5, 0.6) is 0 Å². The smallest absolute Gasteiger partial charge is 0.252 e. The van der Waals surface area contributed by atoms with E-state index in [1.165, 1.54) is 100 Å². The maximum absolute atomic E-state index is 2.62. The molecule has 2 nitrogen and oxygen atoms in total. The first-order chi connectivity index (χ1) is 33.1. The summed E-state index contributed by atoms with van der Waals surface area (Å²) in [4.78, 5) is 5.24. The van der Waals surface area contributed by atoms with Gasteiger partial charge in [-0.1, -0.05) is 208 Å². The number of rotatable bonds is 6. The van der Waals surface area contributed by atoms with Gasteiger partial charge in [0, 0.05) is 34.1 Å². The number of hydrogen-bond donors (Lipinski definition) is 0. The molecule has 0 fully saturated rings. The fourth-order valence-corrected chi connectivity index (χ4v) is 10.6. The number of benzene rings is 9. The zero-order valence-corrected chi connectivity index (χ0v) is 41.6. The molecule has 0 radical (unpaired) electrons. The minimum Gasteiger partial charge on any atom is -0.311 e. The first-order valence-electron chi connectivity index (χ1n) is 24.7. The van der Waals surface area contributed by atoms with Crippen molar-refractivity contribution in [3.63, 3.8) is 0 Å². The molecule has 9 aromatic rings. The summed E-state index contributed by atoms with van der Waals surface area (Å²) in [6.45, 7) is 21.1. The average molecular weight is 893 g/mol.